The first-order valence-corrected chi connectivity index (χ1v) is 4.96. The van der Waals surface area contributed by atoms with Gasteiger partial charge in [0.25, 0.3) is 0 Å². The molecule has 0 spiro atoms. The van der Waals surface area contributed by atoms with Gasteiger partial charge in [-0.25, -0.2) is 0 Å². The minimum atomic E-state index is 0.0329. The summed E-state index contributed by atoms with van der Waals surface area (Å²) in [5.74, 6) is 1.18. The van der Waals surface area contributed by atoms with Gasteiger partial charge in [-0.1, -0.05) is 0 Å². The van der Waals surface area contributed by atoms with Gasteiger partial charge in [-0.2, -0.15) is 0 Å². The zero-order valence-corrected chi connectivity index (χ0v) is 9.12. The van der Waals surface area contributed by atoms with Crippen LogP contribution in [-0.4, -0.2) is 24.8 Å². The second kappa shape index (κ2) is 5.83. The topological polar surface area (TPSA) is 31.4 Å². The van der Waals surface area contributed by atoms with Crippen LogP contribution in [0.15, 0.2) is 18.3 Å². The number of ether oxygens (including phenoxy) is 2. The van der Waals surface area contributed by atoms with Crippen LogP contribution in [0.5, 0.6) is 5.75 Å². The van der Waals surface area contributed by atoms with E-state index in [2.05, 4.69) is 4.98 Å². The van der Waals surface area contributed by atoms with Crippen LogP contribution in [0.3, 0.4) is 0 Å². The lowest BCUT2D eigenvalue weighted by Gasteiger charge is -2.13. The summed E-state index contributed by atoms with van der Waals surface area (Å²) < 4.78 is 10.5. The first kappa shape index (κ1) is 11.3. The summed E-state index contributed by atoms with van der Waals surface area (Å²) in [6, 6.07) is 3.64. The van der Waals surface area contributed by atoms with Crippen molar-refractivity contribution in [1.82, 2.24) is 4.98 Å². The Hall–Kier alpha value is -0.800. The summed E-state index contributed by atoms with van der Waals surface area (Å²) in [5, 5.41) is 0. The van der Waals surface area contributed by atoms with Crippen molar-refractivity contribution in [3.05, 3.63) is 24.0 Å². The summed E-state index contributed by atoms with van der Waals surface area (Å²) in [7, 11) is 1.65. The Bertz CT molecular complexity index is 281. The van der Waals surface area contributed by atoms with Gasteiger partial charge in [0.05, 0.1) is 18.2 Å². The normalized spacial score (nSPS) is 12.5. The molecule has 0 aliphatic rings. The maximum Gasteiger partial charge on any atom is 0.123 e. The van der Waals surface area contributed by atoms with Crippen molar-refractivity contribution < 1.29 is 9.47 Å². The van der Waals surface area contributed by atoms with E-state index in [-0.39, 0.29) is 6.10 Å². The Balaban J connectivity index is 2.57. The number of aromatic nitrogens is 1. The molecule has 0 aromatic carbocycles. The Morgan fingerprint density at radius 1 is 1.57 bits per heavy atom. The largest absolute Gasteiger partial charge is 0.488 e. The van der Waals surface area contributed by atoms with Gasteiger partial charge in [0, 0.05) is 19.4 Å². The molecule has 0 amide bonds. The Morgan fingerprint density at radius 3 is 3.00 bits per heavy atom. The summed E-state index contributed by atoms with van der Waals surface area (Å²) >= 11 is 5.65. The highest BCUT2D eigenvalue weighted by atomic mass is 35.5. The van der Waals surface area contributed by atoms with E-state index in [4.69, 9.17) is 21.1 Å². The predicted molar refractivity (Wildman–Crippen MR) is 55.8 cm³/mol. The Morgan fingerprint density at radius 2 is 2.36 bits per heavy atom. The van der Waals surface area contributed by atoms with E-state index in [1.165, 1.54) is 0 Å². The van der Waals surface area contributed by atoms with E-state index in [1.54, 1.807) is 13.3 Å². The summed E-state index contributed by atoms with van der Waals surface area (Å²) in [6.45, 7) is 2.52. The molecular formula is C10H14ClNO2. The number of alkyl halides is 1. The minimum Gasteiger partial charge on any atom is -0.488 e. The van der Waals surface area contributed by atoms with Gasteiger partial charge >= 0.3 is 0 Å². The van der Waals surface area contributed by atoms with Crippen molar-refractivity contribution in [2.45, 2.75) is 18.9 Å². The third kappa shape index (κ3) is 3.52. The number of rotatable bonds is 5. The molecule has 0 radical (unpaired) electrons. The molecule has 4 heteroatoms. The molecule has 1 atom stereocenters. The smallest absolute Gasteiger partial charge is 0.123 e. The van der Waals surface area contributed by atoms with Crippen LogP contribution >= 0.6 is 11.6 Å². The maximum atomic E-state index is 5.65. The highest BCUT2D eigenvalue weighted by Crippen LogP contribution is 2.14. The molecular weight excluding hydrogens is 202 g/mol. The number of nitrogens with zero attached hydrogens (tertiary/aromatic N) is 1. The summed E-state index contributed by atoms with van der Waals surface area (Å²) in [5.41, 5.74) is 0.814. The SMILES string of the molecule is COCC(C)Oc1ccnc(CCl)c1. The highest BCUT2D eigenvalue weighted by molar-refractivity contribution is 6.16. The van der Waals surface area contributed by atoms with Crippen molar-refractivity contribution >= 4 is 11.6 Å². The van der Waals surface area contributed by atoms with Gasteiger partial charge in [0.2, 0.25) is 0 Å². The zero-order valence-electron chi connectivity index (χ0n) is 8.37. The lowest BCUT2D eigenvalue weighted by Crippen LogP contribution is -2.18. The van der Waals surface area contributed by atoms with Crippen molar-refractivity contribution in [2.75, 3.05) is 13.7 Å². The standard InChI is InChI=1S/C10H14ClNO2/c1-8(7-13-2)14-10-3-4-12-9(5-10)6-11/h3-5,8H,6-7H2,1-2H3. The van der Waals surface area contributed by atoms with Crippen molar-refractivity contribution in [3.8, 4) is 5.75 Å². The fourth-order valence-electron chi connectivity index (χ4n) is 1.10. The number of hydrogen-bond donors (Lipinski definition) is 0. The van der Waals surface area contributed by atoms with Crippen LogP contribution in [0.25, 0.3) is 0 Å². The number of methoxy groups -OCH3 is 1. The van der Waals surface area contributed by atoms with E-state index in [0.29, 0.717) is 12.5 Å². The molecule has 1 heterocycles. The molecule has 1 rings (SSSR count). The van der Waals surface area contributed by atoms with Crippen LogP contribution in [0.1, 0.15) is 12.6 Å². The van der Waals surface area contributed by atoms with E-state index >= 15 is 0 Å². The first-order chi connectivity index (χ1) is 6.76. The molecule has 0 saturated heterocycles. The number of pyridine rings is 1. The predicted octanol–water partition coefficient (Wildman–Crippen LogP) is 2.23. The number of halogens is 1. The Labute approximate surface area is 89.0 Å². The fraction of sp³-hybridized carbons (Fsp3) is 0.500. The van der Waals surface area contributed by atoms with Gasteiger partial charge < -0.3 is 9.47 Å². The van der Waals surface area contributed by atoms with E-state index < -0.39 is 0 Å². The molecule has 0 N–H and O–H groups in total. The van der Waals surface area contributed by atoms with Crippen LogP contribution in [-0.2, 0) is 10.6 Å². The average Bonchev–Trinajstić information content (AvgIpc) is 2.18. The second-order valence-corrected chi connectivity index (χ2v) is 3.27. The molecule has 0 aliphatic carbocycles. The molecule has 1 aromatic rings. The van der Waals surface area contributed by atoms with E-state index in [0.717, 1.165) is 11.4 Å². The third-order valence-corrected chi connectivity index (χ3v) is 1.94. The van der Waals surface area contributed by atoms with Gasteiger partial charge in [0.1, 0.15) is 11.9 Å². The summed E-state index contributed by atoms with van der Waals surface area (Å²) in [4.78, 5) is 4.07. The zero-order chi connectivity index (χ0) is 10.4. The molecule has 0 saturated carbocycles. The molecule has 14 heavy (non-hydrogen) atoms. The monoisotopic (exact) mass is 215 g/mol. The molecule has 78 valence electrons. The highest BCUT2D eigenvalue weighted by Gasteiger charge is 2.03. The molecule has 1 aromatic heterocycles. The molecule has 0 aliphatic heterocycles. The van der Waals surface area contributed by atoms with Crippen LogP contribution < -0.4 is 4.74 Å². The van der Waals surface area contributed by atoms with E-state index in [9.17, 15) is 0 Å². The van der Waals surface area contributed by atoms with Crippen molar-refractivity contribution in [2.24, 2.45) is 0 Å². The van der Waals surface area contributed by atoms with Crippen LogP contribution in [0.4, 0.5) is 0 Å². The lowest BCUT2D eigenvalue weighted by atomic mass is 10.3. The fourth-order valence-corrected chi connectivity index (χ4v) is 1.25. The quantitative estimate of drug-likeness (QED) is 0.706. The molecule has 0 bridgehead atoms. The van der Waals surface area contributed by atoms with Gasteiger partial charge in [-0.15, -0.1) is 11.6 Å². The Kier molecular flexibility index (Phi) is 4.70. The average molecular weight is 216 g/mol. The molecule has 1 unspecified atom stereocenters. The molecule has 0 fully saturated rings. The first-order valence-electron chi connectivity index (χ1n) is 4.42. The van der Waals surface area contributed by atoms with Gasteiger partial charge in [-0.05, 0) is 13.0 Å². The summed E-state index contributed by atoms with van der Waals surface area (Å²) in [6.07, 6.45) is 1.72. The lowest BCUT2D eigenvalue weighted by molar-refractivity contribution is 0.0920. The van der Waals surface area contributed by atoms with Crippen molar-refractivity contribution in [3.63, 3.8) is 0 Å². The van der Waals surface area contributed by atoms with Gasteiger partial charge in [0.15, 0.2) is 0 Å². The van der Waals surface area contributed by atoms with Crippen molar-refractivity contribution in [1.29, 1.82) is 0 Å². The minimum absolute atomic E-state index is 0.0329. The third-order valence-electron chi connectivity index (χ3n) is 1.66. The maximum absolute atomic E-state index is 5.65. The van der Waals surface area contributed by atoms with Crippen LogP contribution in [0, 0.1) is 0 Å². The number of hydrogen-bond acceptors (Lipinski definition) is 3. The van der Waals surface area contributed by atoms with Crippen LogP contribution in [0.2, 0.25) is 0 Å². The van der Waals surface area contributed by atoms with Gasteiger partial charge in [-0.3, -0.25) is 4.98 Å². The second-order valence-electron chi connectivity index (χ2n) is 3.00. The molecule has 3 nitrogen and oxygen atoms in total. The van der Waals surface area contributed by atoms with E-state index in [1.807, 2.05) is 19.1 Å².